The molecule has 3 amide bonds. The van der Waals surface area contributed by atoms with E-state index in [0.29, 0.717) is 12.6 Å². The summed E-state index contributed by atoms with van der Waals surface area (Å²) < 4.78 is 2.08. The van der Waals surface area contributed by atoms with Crippen LogP contribution in [0.1, 0.15) is 18.9 Å². The van der Waals surface area contributed by atoms with Gasteiger partial charge < -0.3 is 9.88 Å². The summed E-state index contributed by atoms with van der Waals surface area (Å²) in [6.07, 6.45) is 7.54. The predicted octanol–water partition coefficient (Wildman–Crippen LogP) is 1.32. The summed E-state index contributed by atoms with van der Waals surface area (Å²) >= 11 is 1.34. The van der Waals surface area contributed by atoms with Gasteiger partial charge in [0.25, 0.3) is 0 Å². The number of urea groups is 1. The van der Waals surface area contributed by atoms with Crippen molar-refractivity contribution < 1.29 is 9.59 Å². The molecule has 1 aliphatic carbocycles. The van der Waals surface area contributed by atoms with Crippen molar-refractivity contribution in [1.29, 1.82) is 0 Å². The number of hydrogen-bond acceptors (Lipinski definition) is 4. The van der Waals surface area contributed by atoms with Crippen molar-refractivity contribution in [3.8, 4) is 0 Å². The zero-order chi connectivity index (χ0) is 13.7. The number of nitrogens with one attached hydrogen (secondary N) is 2. The SMILES string of the molecule is C=CCNC(=O)NC(=O)CSc1nccn1C1CC1. The lowest BCUT2D eigenvalue weighted by atomic mass is 10.6. The van der Waals surface area contributed by atoms with Crippen LogP contribution in [-0.4, -0.2) is 33.8 Å². The number of nitrogens with zero attached hydrogens (tertiary/aromatic N) is 2. The van der Waals surface area contributed by atoms with Gasteiger partial charge in [-0.25, -0.2) is 9.78 Å². The van der Waals surface area contributed by atoms with Crippen molar-refractivity contribution >= 4 is 23.7 Å². The van der Waals surface area contributed by atoms with Crippen LogP contribution >= 0.6 is 11.8 Å². The highest BCUT2D eigenvalue weighted by atomic mass is 32.2. The Kier molecular flexibility index (Phi) is 4.62. The Bertz CT molecular complexity index is 482. The molecule has 102 valence electrons. The Morgan fingerprint density at radius 3 is 3.05 bits per heavy atom. The lowest BCUT2D eigenvalue weighted by Crippen LogP contribution is -2.40. The second kappa shape index (κ2) is 6.42. The lowest BCUT2D eigenvalue weighted by Gasteiger charge is -2.06. The van der Waals surface area contributed by atoms with Gasteiger partial charge in [-0.05, 0) is 12.8 Å². The van der Waals surface area contributed by atoms with Crippen LogP contribution in [0.2, 0.25) is 0 Å². The van der Waals surface area contributed by atoms with E-state index in [1.54, 1.807) is 12.3 Å². The van der Waals surface area contributed by atoms with E-state index in [9.17, 15) is 9.59 Å². The normalized spacial score (nSPS) is 13.9. The van der Waals surface area contributed by atoms with Crippen LogP contribution in [0.4, 0.5) is 4.79 Å². The number of amides is 3. The Labute approximate surface area is 115 Å². The van der Waals surface area contributed by atoms with Crippen LogP contribution in [0.15, 0.2) is 30.2 Å². The smallest absolute Gasteiger partial charge is 0.321 e. The van der Waals surface area contributed by atoms with E-state index in [0.717, 1.165) is 5.16 Å². The van der Waals surface area contributed by atoms with Crippen LogP contribution in [0.25, 0.3) is 0 Å². The number of carbonyl (C=O) groups is 2. The van der Waals surface area contributed by atoms with Gasteiger partial charge in [0.1, 0.15) is 0 Å². The minimum Gasteiger partial charge on any atom is -0.334 e. The summed E-state index contributed by atoms with van der Waals surface area (Å²) in [5.41, 5.74) is 0. The standard InChI is InChI=1S/C12H16N4O2S/c1-2-5-13-11(18)15-10(17)8-19-12-14-6-7-16(12)9-3-4-9/h2,6-7,9H,1,3-5,8H2,(H2,13,15,17,18). The molecule has 0 unspecified atom stereocenters. The molecule has 6 nitrogen and oxygen atoms in total. The van der Waals surface area contributed by atoms with E-state index >= 15 is 0 Å². The minimum absolute atomic E-state index is 0.172. The first-order valence-corrected chi connectivity index (χ1v) is 7.03. The van der Waals surface area contributed by atoms with E-state index in [4.69, 9.17) is 0 Å². The largest absolute Gasteiger partial charge is 0.334 e. The first kappa shape index (κ1) is 13.7. The maximum absolute atomic E-state index is 11.6. The van der Waals surface area contributed by atoms with Gasteiger partial charge in [-0.3, -0.25) is 10.1 Å². The van der Waals surface area contributed by atoms with Crippen LogP contribution in [0.5, 0.6) is 0 Å². The van der Waals surface area contributed by atoms with Crippen molar-refractivity contribution in [2.75, 3.05) is 12.3 Å². The molecule has 0 atom stereocenters. The first-order valence-electron chi connectivity index (χ1n) is 6.05. The second-order valence-electron chi connectivity index (χ2n) is 4.18. The van der Waals surface area contributed by atoms with Gasteiger partial charge >= 0.3 is 6.03 Å². The number of rotatable bonds is 6. The molecule has 7 heteroatoms. The van der Waals surface area contributed by atoms with Gasteiger partial charge in [0.2, 0.25) is 5.91 Å². The highest BCUT2D eigenvalue weighted by Gasteiger charge is 2.25. The zero-order valence-electron chi connectivity index (χ0n) is 10.5. The van der Waals surface area contributed by atoms with Crippen LogP contribution < -0.4 is 10.6 Å². The number of thioether (sulfide) groups is 1. The van der Waals surface area contributed by atoms with Crippen molar-refractivity contribution in [2.45, 2.75) is 24.0 Å². The Balaban J connectivity index is 1.75. The molecule has 1 saturated carbocycles. The summed E-state index contributed by atoms with van der Waals surface area (Å²) in [6, 6.07) is 0.0278. The van der Waals surface area contributed by atoms with Crippen molar-refractivity contribution in [3.05, 3.63) is 25.0 Å². The van der Waals surface area contributed by atoms with E-state index < -0.39 is 6.03 Å². The van der Waals surface area contributed by atoms with Crippen molar-refractivity contribution in [3.63, 3.8) is 0 Å². The molecular formula is C12H16N4O2S. The van der Waals surface area contributed by atoms with Crippen LogP contribution in [0.3, 0.4) is 0 Å². The topological polar surface area (TPSA) is 76.0 Å². The number of aromatic nitrogens is 2. The maximum atomic E-state index is 11.6. The van der Waals surface area contributed by atoms with E-state index in [1.165, 1.54) is 24.6 Å². The molecule has 1 heterocycles. The van der Waals surface area contributed by atoms with E-state index in [-0.39, 0.29) is 11.7 Å². The lowest BCUT2D eigenvalue weighted by molar-refractivity contribution is -0.117. The molecule has 0 spiro atoms. The Hall–Kier alpha value is -1.76. The molecule has 2 N–H and O–H groups in total. The monoisotopic (exact) mass is 280 g/mol. The minimum atomic E-state index is -0.504. The van der Waals surface area contributed by atoms with Gasteiger partial charge in [0.15, 0.2) is 5.16 Å². The third-order valence-electron chi connectivity index (χ3n) is 2.57. The molecule has 2 rings (SSSR count). The Morgan fingerprint density at radius 1 is 1.58 bits per heavy atom. The molecular weight excluding hydrogens is 264 g/mol. The van der Waals surface area contributed by atoms with Crippen molar-refractivity contribution in [1.82, 2.24) is 20.2 Å². The van der Waals surface area contributed by atoms with Gasteiger partial charge in [-0.2, -0.15) is 0 Å². The summed E-state index contributed by atoms with van der Waals surface area (Å²) in [6.45, 7) is 3.80. The molecule has 1 fully saturated rings. The fourth-order valence-corrected chi connectivity index (χ4v) is 2.37. The molecule has 1 aromatic rings. The van der Waals surface area contributed by atoms with Gasteiger partial charge in [0, 0.05) is 25.0 Å². The number of imidazole rings is 1. The number of hydrogen-bond donors (Lipinski definition) is 2. The average Bonchev–Trinajstić information content (AvgIpc) is 3.13. The Morgan fingerprint density at radius 2 is 2.37 bits per heavy atom. The molecule has 0 radical (unpaired) electrons. The summed E-state index contributed by atoms with van der Waals surface area (Å²) in [5.74, 6) is -0.164. The third kappa shape index (κ3) is 4.13. The quantitative estimate of drug-likeness (QED) is 0.609. The third-order valence-corrected chi connectivity index (χ3v) is 3.55. The molecule has 0 aliphatic heterocycles. The zero-order valence-corrected chi connectivity index (χ0v) is 11.3. The maximum Gasteiger partial charge on any atom is 0.321 e. The van der Waals surface area contributed by atoms with Gasteiger partial charge in [0.05, 0.1) is 5.75 Å². The molecule has 1 aliphatic rings. The highest BCUT2D eigenvalue weighted by molar-refractivity contribution is 7.99. The molecule has 0 bridgehead atoms. The van der Waals surface area contributed by atoms with Crippen molar-refractivity contribution in [2.24, 2.45) is 0 Å². The molecule has 0 saturated heterocycles. The second-order valence-corrected chi connectivity index (χ2v) is 5.13. The van der Waals surface area contributed by atoms with Gasteiger partial charge in [-0.1, -0.05) is 17.8 Å². The summed E-state index contributed by atoms with van der Waals surface area (Å²) in [7, 11) is 0. The molecule has 1 aromatic heterocycles. The van der Waals surface area contributed by atoms with Crippen LogP contribution in [0, 0.1) is 0 Å². The summed E-state index contributed by atoms with van der Waals surface area (Å²) in [5, 5.41) is 5.55. The number of carbonyl (C=O) groups excluding carboxylic acids is 2. The summed E-state index contributed by atoms with van der Waals surface area (Å²) in [4.78, 5) is 27.0. The van der Waals surface area contributed by atoms with E-state index in [1.807, 2.05) is 6.20 Å². The molecule has 19 heavy (non-hydrogen) atoms. The average molecular weight is 280 g/mol. The predicted molar refractivity (Wildman–Crippen MR) is 73.0 cm³/mol. The van der Waals surface area contributed by atoms with Gasteiger partial charge in [-0.15, -0.1) is 6.58 Å². The fourth-order valence-electron chi connectivity index (χ4n) is 1.54. The number of imide groups is 1. The highest BCUT2D eigenvalue weighted by Crippen LogP contribution is 2.37. The fraction of sp³-hybridized carbons (Fsp3) is 0.417. The molecule has 0 aromatic carbocycles. The van der Waals surface area contributed by atoms with Crippen LogP contribution in [-0.2, 0) is 4.79 Å². The van der Waals surface area contributed by atoms with E-state index in [2.05, 4.69) is 26.8 Å². The first-order chi connectivity index (χ1) is 9.20.